The zero-order valence-corrected chi connectivity index (χ0v) is 14.8. The summed E-state index contributed by atoms with van der Waals surface area (Å²) in [6.07, 6.45) is 5.69. The fourth-order valence-corrected chi connectivity index (χ4v) is 3.13. The summed E-state index contributed by atoms with van der Waals surface area (Å²) >= 11 is 12.5. The van der Waals surface area contributed by atoms with E-state index in [2.05, 4.69) is 48.5 Å². The van der Waals surface area contributed by atoms with Gasteiger partial charge in [-0.2, -0.15) is 0 Å². The normalized spacial score (nSPS) is 13.7. The van der Waals surface area contributed by atoms with E-state index in [1.807, 2.05) is 12.1 Å². The molecule has 0 bridgehead atoms. The third kappa shape index (κ3) is 7.87. The minimum Gasteiger partial charge on any atom is -0.344 e. The molecule has 3 heteroatoms. The van der Waals surface area contributed by atoms with Crippen LogP contribution in [0.25, 0.3) is 0 Å². The first-order valence-electron chi connectivity index (χ1n) is 8.25. The summed E-state index contributed by atoms with van der Waals surface area (Å²) in [5.74, 6) is 0. The van der Waals surface area contributed by atoms with Crippen LogP contribution in [0.2, 0.25) is 0 Å². The lowest BCUT2D eigenvalue weighted by Gasteiger charge is -2.16. The molecule has 2 aromatic rings. The lowest BCUT2D eigenvalue weighted by atomic mass is 10.1. The van der Waals surface area contributed by atoms with Gasteiger partial charge in [-0.25, -0.2) is 0 Å². The summed E-state index contributed by atoms with van der Waals surface area (Å²) in [6, 6.07) is 20.9. The minimum absolute atomic E-state index is 0.307. The number of aryl methyl sites for hydroxylation is 2. The van der Waals surface area contributed by atoms with Gasteiger partial charge in [-0.15, -0.1) is 0 Å². The van der Waals surface area contributed by atoms with E-state index in [9.17, 15) is 0 Å². The van der Waals surface area contributed by atoms with Gasteiger partial charge < -0.3 is 4.74 Å². The summed E-state index contributed by atoms with van der Waals surface area (Å²) in [4.78, 5) is 0. The van der Waals surface area contributed by atoms with Crippen LogP contribution < -0.4 is 0 Å². The molecule has 2 aromatic carbocycles. The minimum atomic E-state index is -0.307. The van der Waals surface area contributed by atoms with E-state index in [1.54, 1.807) is 0 Å². The van der Waals surface area contributed by atoms with Gasteiger partial charge in [0.2, 0.25) is 0 Å². The zero-order valence-electron chi connectivity index (χ0n) is 13.3. The first-order chi connectivity index (χ1) is 11.2. The molecule has 0 heterocycles. The van der Waals surface area contributed by atoms with Crippen molar-refractivity contribution in [3.63, 3.8) is 0 Å². The Labute approximate surface area is 149 Å². The lowest BCUT2D eigenvalue weighted by molar-refractivity contribution is 0.0700. The predicted octanol–water partition coefficient (Wildman–Crippen LogP) is 6.18. The van der Waals surface area contributed by atoms with E-state index in [1.165, 1.54) is 11.1 Å². The van der Waals surface area contributed by atoms with Crippen LogP contribution >= 0.6 is 23.2 Å². The van der Waals surface area contributed by atoms with Gasteiger partial charge in [0.1, 0.15) is 11.1 Å². The van der Waals surface area contributed by atoms with Crippen LogP contribution in [0.4, 0.5) is 0 Å². The smallest absolute Gasteiger partial charge is 0.133 e. The molecule has 0 saturated carbocycles. The molecule has 0 spiro atoms. The Morgan fingerprint density at radius 3 is 1.43 bits per heavy atom. The molecule has 2 unspecified atom stereocenters. The average Bonchev–Trinajstić information content (AvgIpc) is 2.57. The number of hydrogen-bond donors (Lipinski definition) is 0. The van der Waals surface area contributed by atoms with Crippen LogP contribution in [0.1, 0.15) is 36.8 Å². The molecule has 0 aliphatic rings. The molecule has 0 radical (unpaired) electrons. The van der Waals surface area contributed by atoms with E-state index >= 15 is 0 Å². The number of hydrogen-bond acceptors (Lipinski definition) is 1. The number of benzene rings is 2. The van der Waals surface area contributed by atoms with Crippen LogP contribution in [0.3, 0.4) is 0 Å². The molecule has 0 aromatic heterocycles. The molecule has 23 heavy (non-hydrogen) atoms. The van der Waals surface area contributed by atoms with Crippen molar-refractivity contribution in [3.05, 3.63) is 71.8 Å². The van der Waals surface area contributed by atoms with E-state index < -0.39 is 0 Å². The van der Waals surface area contributed by atoms with Gasteiger partial charge in [-0.3, -0.25) is 0 Å². The van der Waals surface area contributed by atoms with Crippen LogP contribution in [-0.4, -0.2) is 11.1 Å². The molecule has 124 valence electrons. The Bertz CT molecular complexity index is 480. The van der Waals surface area contributed by atoms with Crippen LogP contribution in [0.15, 0.2) is 60.7 Å². The molecule has 0 aliphatic carbocycles. The monoisotopic (exact) mass is 350 g/mol. The fourth-order valence-electron chi connectivity index (χ4n) is 2.52. The topological polar surface area (TPSA) is 9.23 Å². The summed E-state index contributed by atoms with van der Waals surface area (Å²) in [7, 11) is 0. The molecule has 1 nitrogen and oxygen atoms in total. The Hall–Kier alpha value is -1.02. The quantitative estimate of drug-likeness (QED) is 0.465. The first-order valence-corrected chi connectivity index (χ1v) is 9.13. The Kier molecular flexibility index (Phi) is 8.52. The van der Waals surface area contributed by atoms with Crippen molar-refractivity contribution in [1.29, 1.82) is 0 Å². The maximum Gasteiger partial charge on any atom is 0.133 e. The molecule has 0 N–H and O–H groups in total. The SMILES string of the molecule is ClC(CCCc1ccccc1)OC(Cl)CCCc1ccccc1. The van der Waals surface area contributed by atoms with E-state index in [0.29, 0.717) is 0 Å². The van der Waals surface area contributed by atoms with E-state index in [0.717, 1.165) is 38.5 Å². The Morgan fingerprint density at radius 1 is 0.652 bits per heavy atom. The molecular formula is C20H24Cl2O. The van der Waals surface area contributed by atoms with Gasteiger partial charge in [0.15, 0.2) is 0 Å². The largest absolute Gasteiger partial charge is 0.344 e. The molecular weight excluding hydrogens is 327 g/mol. The van der Waals surface area contributed by atoms with E-state index in [4.69, 9.17) is 27.9 Å². The van der Waals surface area contributed by atoms with Crippen molar-refractivity contribution in [1.82, 2.24) is 0 Å². The molecule has 2 atom stereocenters. The van der Waals surface area contributed by atoms with Crippen molar-refractivity contribution < 1.29 is 4.74 Å². The lowest BCUT2D eigenvalue weighted by Crippen LogP contribution is -2.13. The van der Waals surface area contributed by atoms with Gasteiger partial charge in [-0.05, 0) is 49.7 Å². The number of ether oxygens (including phenoxy) is 1. The van der Waals surface area contributed by atoms with E-state index in [-0.39, 0.29) is 11.1 Å². The number of rotatable bonds is 10. The van der Waals surface area contributed by atoms with Gasteiger partial charge in [0.25, 0.3) is 0 Å². The van der Waals surface area contributed by atoms with Crippen LogP contribution in [0, 0.1) is 0 Å². The van der Waals surface area contributed by atoms with Gasteiger partial charge >= 0.3 is 0 Å². The third-order valence-electron chi connectivity index (χ3n) is 3.77. The van der Waals surface area contributed by atoms with Gasteiger partial charge in [0, 0.05) is 0 Å². The second kappa shape index (κ2) is 10.7. The van der Waals surface area contributed by atoms with Crippen molar-refractivity contribution >= 4 is 23.2 Å². The van der Waals surface area contributed by atoms with Crippen molar-refractivity contribution in [3.8, 4) is 0 Å². The van der Waals surface area contributed by atoms with Crippen LogP contribution in [-0.2, 0) is 17.6 Å². The maximum atomic E-state index is 6.23. The summed E-state index contributed by atoms with van der Waals surface area (Å²) in [6.45, 7) is 0. The average molecular weight is 351 g/mol. The Morgan fingerprint density at radius 2 is 1.04 bits per heavy atom. The summed E-state index contributed by atoms with van der Waals surface area (Å²) < 4.78 is 5.66. The van der Waals surface area contributed by atoms with Crippen LogP contribution in [0.5, 0.6) is 0 Å². The number of halogens is 2. The second-order valence-corrected chi connectivity index (χ2v) is 6.69. The molecule has 2 rings (SSSR count). The molecule has 0 amide bonds. The standard InChI is InChI=1S/C20H24Cl2O/c21-19(15-7-13-17-9-3-1-4-10-17)23-20(22)16-8-14-18-11-5-2-6-12-18/h1-6,9-12,19-20H,7-8,13-16H2. The highest BCUT2D eigenvalue weighted by Crippen LogP contribution is 2.18. The van der Waals surface area contributed by atoms with Gasteiger partial charge in [-0.1, -0.05) is 83.9 Å². The van der Waals surface area contributed by atoms with Crippen molar-refractivity contribution in [2.75, 3.05) is 0 Å². The zero-order chi connectivity index (χ0) is 16.3. The highest BCUT2D eigenvalue weighted by atomic mass is 35.5. The fraction of sp³-hybridized carbons (Fsp3) is 0.400. The predicted molar refractivity (Wildman–Crippen MR) is 99.1 cm³/mol. The maximum absolute atomic E-state index is 6.23. The Balaban J connectivity index is 1.56. The summed E-state index contributed by atoms with van der Waals surface area (Å²) in [5, 5.41) is 0. The molecule has 0 aliphatic heterocycles. The van der Waals surface area contributed by atoms with Crippen molar-refractivity contribution in [2.24, 2.45) is 0 Å². The molecule has 0 saturated heterocycles. The van der Waals surface area contributed by atoms with Gasteiger partial charge in [0.05, 0.1) is 0 Å². The highest BCUT2D eigenvalue weighted by Gasteiger charge is 2.12. The molecule has 0 fully saturated rings. The van der Waals surface area contributed by atoms with Crippen molar-refractivity contribution in [2.45, 2.75) is 49.7 Å². The first kappa shape index (κ1) is 18.3. The number of alkyl halides is 2. The third-order valence-corrected chi connectivity index (χ3v) is 4.42. The highest BCUT2D eigenvalue weighted by molar-refractivity contribution is 6.21. The second-order valence-electron chi connectivity index (χ2n) is 5.71. The summed E-state index contributed by atoms with van der Waals surface area (Å²) in [5.41, 5.74) is 2.05.